The van der Waals surface area contributed by atoms with Gasteiger partial charge in [-0.25, -0.2) is 0 Å². The Morgan fingerprint density at radius 2 is 1.50 bits per heavy atom. The van der Waals surface area contributed by atoms with Crippen molar-refractivity contribution >= 4 is 17.9 Å². The summed E-state index contributed by atoms with van der Waals surface area (Å²) in [5, 5.41) is 17.9. The van der Waals surface area contributed by atoms with Crippen molar-refractivity contribution in [3.05, 3.63) is 11.6 Å². The van der Waals surface area contributed by atoms with Crippen molar-refractivity contribution in [2.45, 2.75) is 124 Å². The van der Waals surface area contributed by atoms with Crippen molar-refractivity contribution in [2.24, 2.45) is 62.7 Å². The predicted octanol–water partition coefficient (Wildman–Crippen LogP) is 2.71. The van der Waals surface area contributed by atoms with Gasteiger partial charge in [-0.1, -0.05) is 60.1 Å². The van der Waals surface area contributed by atoms with Crippen molar-refractivity contribution in [3.63, 3.8) is 0 Å². The first kappa shape index (κ1) is 35.2. The molecular formula is C33H52N2O6Pt. The third-order valence-electron chi connectivity index (χ3n) is 13.6. The number of carboxylic acids is 2. The molecule has 0 aliphatic heterocycles. The summed E-state index contributed by atoms with van der Waals surface area (Å²) in [7, 11) is 0. The summed E-state index contributed by atoms with van der Waals surface area (Å²) in [6, 6.07) is 0.132. The Balaban J connectivity index is 0.000000628. The van der Waals surface area contributed by atoms with Crippen LogP contribution in [-0.4, -0.2) is 35.6 Å². The number of allylic oxidation sites excluding steroid dienone is 1. The smallest absolute Gasteiger partial charge is 0.543 e. The summed E-state index contributed by atoms with van der Waals surface area (Å²) in [5.74, 6) is -1.73. The Bertz CT molecular complexity index is 1110. The zero-order valence-electron chi connectivity index (χ0n) is 26.7. The number of hydrogen-bond acceptors (Lipinski definition) is 8. The molecule has 42 heavy (non-hydrogen) atoms. The Morgan fingerprint density at radius 3 is 2.05 bits per heavy atom. The summed E-state index contributed by atoms with van der Waals surface area (Å²) < 4.78 is 6.31. The van der Waals surface area contributed by atoms with Crippen LogP contribution in [0.4, 0.5) is 0 Å². The van der Waals surface area contributed by atoms with Crippen LogP contribution in [-0.2, 0) is 40.2 Å². The number of aliphatic carboxylic acids is 2. The van der Waals surface area contributed by atoms with Crippen LogP contribution in [0.3, 0.4) is 0 Å². The molecule has 5 aliphatic carbocycles. The second kappa shape index (κ2) is 11.6. The number of esters is 1. The molecule has 3 unspecified atom stereocenters. The molecule has 240 valence electrons. The van der Waals surface area contributed by atoms with Gasteiger partial charge in [0.2, 0.25) is 0 Å². The third kappa shape index (κ3) is 5.13. The third-order valence-corrected chi connectivity index (χ3v) is 13.6. The largest absolute Gasteiger partial charge is 2.00 e. The van der Waals surface area contributed by atoms with Gasteiger partial charge in [0.25, 0.3) is 0 Å². The van der Waals surface area contributed by atoms with Crippen molar-refractivity contribution in [3.8, 4) is 0 Å². The maximum atomic E-state index is 12.3. The first-order valence-electron chi connectivity index (χ1n) is 15.6. The normalized spacial score (nSPS) is 46.8. The van der Waals surface area contributed by atoms with Gasteiger partial charge in [0.1, 0.15) is 5.60 Å². The Kier molecular flexibility index (Phi) is 9.73. The first-order chi connectivity index (χ1) is 18.8. The van der Waals surface area contributed by atoms with Crippen LogP contribution in [0.5, 0.6) is 0 Å². The fraction of sp³-hybridized carbons (Fsp3) is 0.848. The molecule has 0 aromatic heterocycles. The molecule has 0 radical (unpaired) electrons. The number of nitrogens with two attached hydrogens (primary N) is 2. The van der Waals surface area contributed by atoms with Crippen molar-refractivity contribution < 1.29 is 50.4 Å². The molecule has 0 aromatic rings. The van der Waals surface area contributed by atoms with E-state index in [-0.39, 0.29) is 66.4 Å². The molecule has 9 heteroatoms. The first-order valence-corrected chi connectivity index (χ1v) is 15.6. The second-order valence-electron chi connectivity index (χ2n) is 15.6. The topological polar surface area (TPSA) is 159 Å². The molecule has 5 rings (SSSR count). The average molecular weight is 768 g/mol. The van der Waals surface area contributed by atoms with E-state index in [9.17, 15) is 4.79 Å². The van der Waals surface area contributed by atoms with Crippen LogP contribution in [0.15, 0.2) is 11.6 Å². The van der Waals surface area contributed by atoms with Crippen LogP contribution in [0.1, 0.15) is 107 Å². The van der Waals surface area contributed by atoms with Crippen LogP contribution in [0.25, 0.3) is 0 Å². The van der Waals surface area contributed by atoms with Gasteiger partial charge in [0.05, 0.1) is 11.9 Å². The van der Waals surface area contributed by atoms with E-state index >= 15 is 0 Å². The summed E-state index contributed by atoms with van der Waals surface area (Å²) in [4.78, 5) is 30.2. The quantitative estimate of drug-likeness (QED) is 0.234. The molecule has 5 aliphatic rings. The Hall–Kier alpha value is -1.24. The van der Waals surface area contributed by atoms with E-state index in [4.69, 9.17) is 36.0 Å². The summed E-state index contributed by atoms with van der Waals surface area (Å²) in [6.07, 6.45) is 11.6. The van der Waals surface area contributed by atoms with E-state index < -0.39 is 11.9 Å². The second-order valence-corrected chi connectivity index (χ2v) is 15.6. The summed E-state index contributed by atoms with van der Waals surface area (Å²) >= 11 is 0. The summed E-state index contributed by atoms with van der Waals surface area (Å²) in [5.41, 5.74) is 15.4. The minimum atomic E-state index is -2.19. The van der Waals surface area contributed by atoms with Crippen molar-refractivity contribution in [2.75, 3.05) is 0 Å². The van der Waals surface area contributed by atoms with Gasteiger partial charge in [-0.05, 0) is 96.7 Å². The molecule has 0 spiro atoms. The van der Waals surface area contributed by atoms with E-state index in [2.05, 4.69) is 54.5 Å². The van der Waals surface area contributed by atoms with Crippen molar-refractivity contribution in [1.29, 1.82) is 0 Å². The maximum Gasteiger partial charge on any atom is 2.00 e. The van der Waals surface area contributed by atoms with Gasteiger partial charge in [-0.2, -0.15) is 0 Å². The van der Waals surface area contributed by atoms with Gasteiger partial charge < -0.3 is 36.0 Å². The van der Waals surface area contributed by atoms with Gasteiger partial charge in [0, 0.05) is 24.9 Å². The van der Waals surface area contributed by atoms with E-state index in [1.807, 2.05) is 0 Å². The monoisotopic (exact) mass is 767 g/mol. The van der Waals surface area contributed by atoms with Gasteiger partial charge in [-0.3, -0.25) is 4.79 Å². The number of ether oxygens (including phenoxy) is 1. The van der Waals surface area contributed by atoms with Crippen LogP contribution in [0, 0.1) is 51.2 Å². The van der Waals surface area contributed by atoms with E-state index in [0.29, 0.717) is 29.6 Å². The van der Waals surface area contributed by atoms with Gasteiger partial charge in [-0.15, -0.1) is 0 Å². The molecule has 0 amide bonds. The minimum Gasteiger partial charge on any atom is -0.543 e. The Morgan fingerprint density at radius 1 is 0.905 bits per heavy atom. The maximum absolute atomic E-state index is 12.3. The van der Waals surface area contributed by atoms with Gasteiger partial charge in [0.15, 0.2) is 0 Å². The number of hydrogen-bond donors (Lipinski definition) is 2. The molecule has 0 saturated heterocycles. The molecule has 4 N–H and O–H groups in total. The molecule has 8 nitrogen and oxygen atoms in total. The standard InChI is InChI=1S/C31H52N2O2.C2H2O4.Pt/c1-18-11-14-31(35-20(3)34)16-15-29(7)21(25(31)19(18)2)9-10-24-28(6)17-22(32)26(33)27(4,5)23(28)12-13-30(24,29)8;3-1(4)2(5)6;/h9,18-19,22-26H,10-17,32-33H2,1-8H3;(H,3,4)(H,5,6);/q;;+2/p-2/t18-,19+,22-,23?,24?,25?,26+,28+,29-,30-,31+;;/m1../s1. The molecule has 0 bridgehead atoms. The number of carboxylic acid groups (broad SMARTS) is 2. The van der Waals surface area contributed by atoms with Crippen LogP contribution >= 0.6 is 0 Å². The molecule has 4 saturated carbocycles. The van der Waals surface area contributed by atoms with Crippen molar-refractivity contribution in [1.82, 2.24) is 0 Å². The van der Waals surface area contributed by atoms with Crippen LogP contribution in [0.2, 0.25) is 0 Å². The SMILES string of the molecule is CC(=O)O[C@]12CC[C@@H](C)[C@H](C)C1C1=CCC3[C@@]4(C)C[C@@H](N)[C@H](N)C(C)(C)C4CC[C@@]3(C)[C@]1(C)CC2.O=C([O-])C(=O)[O-].[Pt+2]. The fourth-order valence-electron chi connectivity index (χ4n) is 11.2. The average Bonchev–Trinajstić information content (AvgIpc) is 2.86. The molecular weight excluding hydrogens is 715 g/mol. The number of carbonyl (C=O) groups is 3. The van der Waals surface area contributed by atoms with E-state index in [0.717, 1.165) is 38.5 Å². The Labute approximate surface area is 266 Å². The number of rotatable bonds is 1. The van der Waals surface area contributed by atoms with Crippen LogP contribution < -0.4 is 21.7 Å². The fourth-order valence-corrected chi connectivity index (χ4v) is 11.2. The van der Waals surface area contributed by atoms with E-state index in [1.54, 1.807) is 12.5 Å². The number of carbonyl (C=O) groups excluding carboxylic acids is 3. The zero-order valence-corrected chi connectivity index (χ0v) is 29.0. The number of fused-ring (bicyclic) bond motifs is 7. The predicted molar refractivity (Wildman–Crippen MR) is 152 cm³/mol. The molecule has 0 aromatic carbocycles. The molecule has 0 heterocycles. The molecule has 4 fully saturated rings. The summed E-state index contributed by atoms with van der Waals surface area (Å²) in [6.45, 7) is 19.0. The zero-order chi connectivity index (χ0) is 30.9. The molecule has 11 atom stereocenters. The van der Waals surface area contributed by atoms with Gasteiger partial charge >= 0.3 is 27.0 Å². The van der Waals surface area contributed by atoms with E-state index in [1.165, 1.54) is 12.8 Å². The minimum absolute atomic E-state index is 0.